The first kappa shape index (κ1) is 15.7. The smallest absolute Gasteiger partial charge is 0.253 e. The molecule has 1 aromatic carbocycles. The molecule has 6 heteroatoms. The van der Waals surface area contributed by atoms with Gasteiger partial charge in [-0.15, -0.1) is 0 Å². The van der Waals surface area contributed by atoms with Crippen LogP contribution in [0.25, 0.3) is 0 Å². The number of aromatic nitrogens is 3. The van der Waals surface area contributed by atoms with Crippen molar-refractivity contribution < 1.29 is 9.53 Å². The number of aryl methyl sites for hydroxylation is 1. The number of para-hydroxylation sites is 1. The maximum Gasteiger partial charge on any atom is 0.253 e. The molecule has 24 heavy (non-hydrogen) atoms. The van der Waals surface area contributed by atoms with Crippen LogP contribution in [0.4, 0.5) is 0 Å². The van der Waals surface area contributed by atoms with Gasteiger partial charge in [0.25, 0.3) is 5.91 Å². The molecule has 0 spiro atoms. The van der Waals surface area contributed by atoms with Gasteiger partial charge >= 0.3 is 0 Å². The lowest BCUT2D eigenvalue weighted by Gasteiger charge is -2.21. The third-order valence-electron chi connectivity index (χ3n) is 3.77. The molecule has 6 nitrogen and oxygen atoms in total. The molecule has 0 aliphatic heterocycles. The first-order chi connectivity index (χ1) is 11.7. The lowest BCUT2D eigenvalue weighted by Crippen LogP contribution is -2.31. The molecule has 1 amide bonds. The molecular weight excluding hydrogens is 304 g/mol. The van der Waals surface area contributed by atoms with Gasteiger partial charge in [0.1, 0.15) is 17.6 Å². The topological polar surface area (TPSA) is 69.0 Å². The Kier molecular flexibility index (Phi) is 4.56. The number of pyridine rings is 1. The van der Waals surface area contributed by atoms with E-state index in [-0.39, 0.29) is 5.91 Å². The van der Waals surface area contributed by atoms with Gasteiger partial charge in [0.15, 0.2) is 0 Å². The molecule has 2 aromatic heterocycles. The van der Waals surface area contributed by atoms with E-state index < -0.39 is 6.04 Å². The Balaban J connectivity index is 2.00. The Morgan fingerprint density at radius 3 is 2.71 bits per heavy atom. The normalized spacial score (nSPS) is 11.8. The number of methoxy groups -OCH3 is 1. The minimum atomic E-state index is -0.436. The molecule has 0 aliphatic carbocycles. The zero-order valence-electron chi connectivity index (χ0n) is 13.5. The minimum Gasteiger partial charge on any atom is -0.496 e. The highest BCUT2D eigenvalue weighted by atomic mass is 16.5. The minimum absolute atomic E-state index is 0.220. The van der Waals surface area contributed by atoms with Gasteiger partial charge in [0, 0.05) is 37.4 Å². The summed E-state index contributed by atoms with van der Waals surface area (Å²) in [5, 5.41) is 3.03. The number of carbonyl (C=O) groups excluding carboxylic acids is 1. The SMILES string of the molecule is COc1ccccc1C(NC(=O)c1cccnc1)c1nccn1C. The van der Waals surface area contributed by atoms with Gasteiger partial charge in [-0.3, -0.25) is 9.78 Å². The molecular formula is C18H18N4O2. The Morgan fingerprint density at radius 2 is 2.04 bits per heavy atom. The molecule has 3 rings (SSSR count). The average Bonchev–Trinajstić information content (AvgIpc) is 3.06. The van der Waals surface area contributed by atoms with Crippen molar-refractivity contribution in [1.82, 2.24) is 19.9 Å². The van der Waals surface area contributed by atoms with Gasteiger partial charge in [0.05, 0.1) is 12.7 Å². The first-order valence-electron chi connectivity index (χ1n) is 7.51. The summed E-state index contributed by atoms with van der Waals surface area (Å²) in [5.74, 6) is 1.19. The Labute approximate surface area is 140 Å². The summed E-state index contributed by atoms with van der Waals surface area (Å²) in [6.07, 6.45) is 6.71. The predicted molar refractivity (Wildman–Crippen MR) is 89.7 cm³/mol. The maximum absolute atomic E-state index is 12.6. The summed E-state index contributed by atoms with van der Waals surface area (Å²) >= 11 is 0. The summed E-state index contributed by atoms with van der Waals surface area (Å²) in [4.78, 5) is 21.0. The number of nitrogens with one attached hydrogen (secondary N) is 1. The molecule has 3 aromatic rings. The van der Waals surface area contributed by atoms with E-state index in [0.29, 0.717) is 11.3 Å². The molecule has 1 atom stereocenters. The van der Waals surface area contributed by atoms with E-state index in [1.54, 1.807) is 31.6 Å². The van der Waals surface area contributed by atoms with Crippen LogP contribution >= 0.6 is 0 Å². The van der Waals surface area contributed by atoms with Crippen LogP contribution in [-0.4, -0.2) is 27.6 Å². The zero-order chi connectivity index (χ0) is 16.9. The van der Waals surface area contributed by atoms with Gasteiger partial charge in [0.2, 0.25) is 0 Å². The average molecular weight is 322 g/mol. The maximum atomic E-state index is 12.6. The van der Waals surface area contributed by atoms with Crippen molar-refractivity contribution in [3.8, 4) is 5.75 Å². The summed E-state index contributed by atoms with van der Waals surface area (Å²) < 4.78 is 7.33. The molecule has 0 radical (unpaired) electrons. The fourth-order valence-electron chi connectivity index (χ4n) is 2.55. The van der Waals surface area contributed by atoms with Crippen LogP contribution in [0.1, 0.15) is 27.8 Å². The molecule has 0 fully saturated rings. The number of rotatable bonds is 5. The highest BCUT2D eigenvalue weighted by Gasteiger charge is 2.24. The molecule has 122 valence electrons. The number of imidazole rings is 1. The number of hydrogen-bond donors (Lipinski definition) is 1. The van der Waals surface area contributed by atoms with E-state index in [0.717, 1.165) is 11.4 Å². The van der Waals surface area contributed by atoms with Crippen LogP contribution < -0.4 is 10.1 Å². The summed E-state index contributed by atoms with van der Waals surface area (Å²) in [6.45, 7) is 0. The summed E-state index contributed by atoms with van der Waals surface area (Å²) in [5.41, 5.74) is 1.33. The van der Waals surface area contributed by atoms with Crippen LogP contribution in [0.2, 0.25) is 0 Å². The number of nitrogens with zero attached hydrogens (tertiary/aromatic N) is 3. The molecule has 0 saturated carbocycles. The van der Waals surface area contributed by atoms with Gasteiger partial charge in [-0.1, -0.05) is 18.2 Å². The summed E-state index contributed by atoms with van der Waals surface area (Å²) in [7, 11) is 3.50. The highest BCUT2D eigenvalue weighted by Crippen LogP contribution is 2.29. The van der Waals surface area contributed by atoms with Crippen molar-refractivity contribution in [2.45, 2.75) is 6.04 Å². The molecule has 0 aliphatic rings. The van der Waals surface area contributed by atoms with Crippen molar-refractivity contribution in [3.05, 3.63) is 78.1 Å². The van der Waals surface area contributed by atoms with E-state index in [1.807, 2.05) is 42.1 Å². The van der Waals surface area contributed by atoms with Gasteiger partial charge in [-0.2, -0.15) is 0 Å². The molecule has 1 N–H and O–H groups in total. The second-order valence-corrected chi connectivity index (χ2v) is 5.29. The molecule has 0 saturated heterocycles. The van der Waals surface area contributed by atoms with Crippen LogP contribution in [0, 0.1) is 0 Å². The molecule has 0 bridgehead atoms. The van der Waals surface area contributed by atoms with Crippen molar-refractivity contribution in [2.24, 2.45) is 7.05 Å². The fraction of sp³-hybridized carbons (Fsp3) is 0.167. The number of ether oxygens (including phenoxy) is 1. The van der Waals surface area contributed by atoms with Crippen molar-refractivity contribution in [2.75, 3.05) is 7.11 Å². The standard InChI is InChI=1S/C18H18N4O2/c1-22-11-10-20-17(22)16(14-7-3-4-8-15(14)24-2)21-18(23)13-6-5-9-19-12-13/h3-12,16H,1-2H3,(H,21,23). The van der Waals surface area contributed by atoms with Crippen molar-refractivity contribution >= 4 is 5.91 Å². The first-order valence-corrected chi connectivity index (χ1v) is 7.51. The second-order valence-electron chi connectivity index (χ2n) is 5.29. The van der Waals surface area contributed by atoms with Crippen molar-refractivity contribution in [3.63, 3.8) is 0 Å². The lowest BCUT2D eigenvalue weighted by atomic mass is 10.0. The third kappa shape index (κ3) is 3.12. The van der Waals surface area contributed by atoms with Gasteiger partial charge in [-0.05, 0) is 18.2 Å². The van der Waals surface area contributed by atoms with Gasteiger partial charge in [-0.25, -0.2) is 4.98 Å². The highest BCUT2D eigenvalue weighted by molar-refractivity contribution is 5.94. The van der Waals surface area contributed by atoms with Gasteiger partial charge < -0.3 is 14.6 Å². The monoisotopic (exact) mass is 322 g/mol. The number of carbonyl (C=O) groups is 1. The molecule has 2 heterocycles. The lowest BCUT2D eigenvalue weighted by molar-refractivity contribution is 0.0940. The van der Waals surface area contributed by atoms with Crippen LogP contribution in [-0.2, 0) is 7.05 Å². The Hall–Kier alpha value is -3.15. The Bertz CT molecular complexity index is 830. The number of benzene rings is 1. The number of hydrogen-bond acceptors (Lipinski definition) is 4. The van der Waals surface area contributed by atoms with Crippen LogP contribution in [0.3, 0.4) is 0 Å². The predicted octanol–water partition coefficient (Wildman–Crippen LogP) is 2.34. The van der Waals surface area contributed by atoms with E-state index in [2.05, 4.69) is 15.3 Å². The quantitative estimate of drug-likeness (QED) is 0.783. The molecule has 1 unspecified atom stereocenters. The van der Waals surface area contributed by atoms with E-state index in [9.17, 15) is 4.79 Å². The zero-order valence-corrected chi connectivity index (χ0v) is 13.5. The van der Waals surface area contributed by atoms with Crippen LogP contribution in [0.5, 0.6) is 5.75 Å². The summed E-state index contributed by atoms with van der Waals surface area (Å²) in [6, 6.07) is 10.6. The van der Waals surface area contributed by atoms with E-state index in [1.165, 1.54) is 6.20 Å². The van der Waals surface area contributed by atoms with E-state index in [4.69, 9.17) is 4.74 Å². The van der Waals surface area contributed by atoms with Crippen LogP contribution in [0.15, 0.2) is 61.2 Å². The number of amides is 1. The fourth-order valence-corrected chi connectivity index (χ4v) is 2.55. The second kappa shape index (κ2) is 6.95. The van der Waals surface area contributed by atoms with Crippen molar-refractivity contribution in [1.29, 1.82) is 0 Å². The van der Waals surface area contributed by atoms with E-state index >= 15 is 0 Å². The Morgan fingerprint density at radius 1 is 1.21 bits per heavy atom. The third-order valence-corrected chi connectivity index (χ3v) is 3.77. The largest absolute Gasteiger partial charge is 0.496 e.